The van der Waals surface area contributed by atoms with Gasteiger partial charge in [0.1, 0.15) is 6.29 Å². The van der Waals surface area contributed by atoms with E-state index in [4.69, 9.17) is 5.11 Å². The van der Waals surface area contributed by atoms with Crippen molar-refractivity contribution in [1.29, 1.82) is 0 Å². The van der Waals surface area contributed by atoms with Crippen molar-refractivity contribution in [2.24, 2.45) is 0 Å². The summed E-state index contributed by atoms with van der Waals surface area (Å²) in [5, 5.41) is 9.04. The van der Waals surface area contributed by atoms with Gasteiger partial charge in [0, 0.05) is 6.42 Å². The van der Waals surface area contributed by atoms with Crippen molar-refractivity contribution >= 4 is 45.2 Å². The van der Waals surface area contributed by atoms with Crippen molar-refractivity contribution < 1.29 is 27.9 Å². The van der Waals surface area contributed by atoms with Crippen LogP contribution in [0.25, 0.3) is 0 Å². The fourth-order valence-corrected chi connectivity index (χ4v) is 3.17. The number of carbonyl (C=O) groups excluding carboxylic acids is 1. The van der Waals surface area contributed by atoms with E-state index in [-0.39, 0.29) is 10.5 Å². The van der Waals surface area contributed by atoms with Crippen LogP contribution >= 0.6 is 11.8 Å². The number of benzene rings is 2. The Morgan fingerprint density at radius 1 is 1.24 bits per heavy atom. The van der Waals surface area contributed by atoms with E-state index in [9.17, 15) is 22.8 Å². The summed E-state index contributed by atoms with van der Waals surface area (Å²) in [7, 11) is 0. The van der Waals surface area contributed by atoms with E-state index >= 15 is 0 Å². The fraction of sp³-hybridized carbons (Fsp3) is 0.176. The number of aldehydes is 1. The molecule has 0 heterocycles. The summed E-state index contributed by atoms with van der Waals surface area (Å²) in [5.41, 5.74) is -0.673. The van der Waals surface area contributed by atoms with E-state index in [1.807, 2.05) is 6.92 Å². The number of rotatable bonds is 4. The number of carbonyl (C=O) groups is 2. The average Bonchev–Trinajstić information content (AvgIpc) is 2.56. The molecule has 0 saturated heterocycles. The van der Waals surface area contributed by atoms with Gasteiger partial charge in [-0.2, -0.15) is 0 Å². The van der Waals surface area contributed by atoms with Gasteiger partial charge in [0.05, 0.1) is 0 Å². The molecule has 0 amide bonds. The van der Waals surface area contributed by atoms with Gasteiger partial charge in [-0.1, -0.05) is 6.92 Å². The van der Waals surface area contributed by atoms with Gasteiger partial charge in [0.15, 0.2) is 0 Å². The SMILES string of the molecule is CCC=O.O=C(O)c1cc(Sc2ccccc2C(F)(F)F)ccc1[As]. The van der Waals surface area contributed by atoms with Gasteiger partial charge in [-0.25, -0.2) is 0 Å². The minimum absolute atomic E-state index is 0.0414. The first-order valence-electron chi connectivity index (χ1n) is 7.04. The summed E-state index contributed by atoms with van der Waals surface area (Å²) in [6.07, 6.45) is -2.93. The van der Waals surface area contributed by atoms with Crippen LogP contribution in [0, 0.1) is 0 Å². The molecule has 2 aromatic carbocycles. The Morgan fingerprint density at radius 2 is 1.84 bits per heavy atom. The number of hydrogen-bond acceptors (Lipinski definition) is 3. The van der Waals surface area contributed by atoms with Crippen molar-refractivity contribution in [2.75, 3.05) is 0 Å². The number of halogens is 3. The second kappa shape index (κ2) is 9.68. The van der Waals surface area contributed by atoms with Crippen LogP contribution in [-0.4, -0.2) is 34.2 Å². The normalized spacial score (nSPS) is 10.6. The zero-order valence-electron chi connectivity index (χ0n) is 13.1. The zero-order valence-corrected chi connectivity index (χ0v) is 15.8. The number of carboxylic acid groups (broad SMARTS) is 1. The van der Waals surface area contributed by atoms with Gasteiger partial charge in [-0.15, -0.1) is 0 Å². The molecule has 0 fully saturated rings. The molecule has 1 N–H and O–H groups in total. The van der Waals surface area contributed by atoms with Crippen LogP contribution in [0.4, 0.5) is 13.2 Å². The Kier molecular flexibility index (Phi) is 8.26. The molecule has 0 atom stereocenters. The molecule has 2 aromatic rings. The molecule has 3 nitrogen and oxygen atoms in total. The Hall–Kier alpha value is -1.72. The maximum absolute atomic E-state index is 12.9. The molecule has 25 heavy (non-hydrogen) atoms. The fourth-order valence-electron chi connectivity index (χ4n) is 1.67. The summed E-state index contributed by atoms with van der Waals surface area (Å²) >= 11 is 3.02. The van der Waals surface area contributed by atoms with Gasteiger partial charge < -0.3 is 4.79 Å². The van der Waals surface area contributed by atoms with Gasteiger partial charge in [0.25, 0.3) is 0 Å². The molecule has 0 aliphatic carbocycles. The Morgan fingerprint density at radius 3 is 2.36 bits per heavy atom. The molecular formula is C17H14AsF3O3S. The Labute approximate surface area is 156 Å². The van der Waals surface area contributed by atoms with Gasteiger partial charge >= 0.3 is 132 Å². The summed E-state index contributed by atoms with van der Waals surface area (Å²) in [6, 6.07) is 9.73. The first-order chi connectivity index (χ1) is 11.7. The van der Waals surface area contributed by atoms with E-state index in [0.717, 1.165) is 24.1 Å². The van der Waals surface area contributed by atoms with E-state index in [0.29, 0.717) is 15.7 Å². The topological polar surface area (TPSA) is 54.4 Å². The van der Waals surface area contributed by atoms with Gasteiger partial charge in [-0.3, -0.25) is 0 Å². The predicted octanol–water partition coefficient (Wildman–Crippen LogP) is 3.94. The zero-order chi connectivity index (χ0) is 19.0. The van der Waals surface area contributed by atoms with E-state index in [1.165, 1.54) is 24.3 Å². The molecule has 0 aliphatic heterocycles. The molecule has 0 spiro atoms. The number of alkyl halides is 3. The summed E-state index contributed by atoms with van der Waals surface area (Å²) in [6.45, 7) is 1.81. The van der Waals surface area contributed by atoms with Crippen molar-refractivity contribution in [3.63, 3.8) is 0 Å². The van der Waals surface area contributed by atoms with Crippen molar-refractivity contribution in [1.82, 2.24) is 0 Å². The Balaban J connectivity index is 0.000000705. The Bertz CT molecular complexity index is 748. The quantitative estimate of drug-likeness (QED) is 0.590. The van der Waals surface area contributed by atoms with Crippen LogP contribution in [0.3, 0.4) is 0 Å². The van der Waals surface area contributed by atoms with Crippen molar-refractivity contribution in [2.45, 2.75) is 29.3 Å². The van der Waals surface area contributed by atoms with Crippen molar-refractivity contribution in [3.8, 4) is 0 Å². The molecule has 0 saturated carbocycles. The standard InChI is InChI=1S/C14H8AsF3O2S.C3H6O/c15-11-6-5-8(7-9(11)13(19)20)21-12-4-2-1-3-10(12)14(16,17)18;1-2-3-4/h1-7H,(H,19,20);3H,2H2,1H3. The number of carboxylic acids is 1. The maximum atomic E-state index is 12.9. The number of aromatic carboxylic acids is 1. The molecule has 132 valence electrons. The first-order valence-corrected chi connectivity index (χ1v) is 8.80. The third-order valence-electron chi connectivity index (χ3n) is 2.79. The molecule has 0 bridgehead atoms. The third-order valence-corrected chi connectivity index (χ3v) is 4.67. The van der Waals surface area contributed by atoms with Crippen LogP contribution in [0.2, 0.25) is 0 Å². The van der Waals surface area contributed by atoms with Gasteiger partial charge in [0.2, 0.25) is 0 Å². The minimum atomic E-state index is -4.44. The molecule has 0 aromatic heterocycles. The van der Waals surface area contributed by atoms with Crippen LogP contribution in [0.15, 0.2) is 52.3 Å². The molecule has 0 unspecified atom stereocenters. The molecule has 8 heteroatoms. The third kappa shape index (κ3) is 6.59. The second-order valence-corrected chi connectivity index (χ2v) is 6.78. The van der Waals surface area contributed by atoms with E-state index in [1.54, 1.807) is 12.1 Å². The second-order valence-electron chi connectivity index (χ2n) is 4.66. The molecule has 2 rings (SSSR count). The van der Waals surface area contributed by atoms with Crippen LogP contribution in [0.5, 0.6) is 0 Å². The first kappa shape index (κ1) is 21.3. The van der Waals surface area contributed by atoms with Crippen LogP contribution < -0.4 is 4.35 Å². The van der Waals surface area contributed by atoms with Crippen LogP contribution in [0.1, 0.15) is 29.3 Å². The summed E-state index contributed by atoms with van der Waals surface area (Å²) < 4.78 is 39.2. The number of hydrogen-bond donors (Lipinski definition) is 1. The summed E-state index contributed by atoms with van der Waals surface area (Å²) in [4.78, 5) is 20.7. The molecule has 2 radical (unpaired) electrons. The predicted molar refractivity (Wildman–Crippen MR) is 90.7 cm³/mol. The van der Waals surface area contributed by atoms with E-state index < -0.39 is 17.7 Å². The molecule has 0 aliphatic rings. The molecular weight excluding hydrogens is 416 g/mol. The average molecular weight is 430 g/mol. The monoisotopic (exact) mass is 430 g/mol. The van der Waals surface area contributed by atoms with Crippen LogP contribution in [-0.2, 0) is 11.0 Å². The summed E-state index contributed by atoms with van der Waals surface area (Å²) in [5.74, 6) is -1.11. The van der Waals surface area contributed by atoms with Gasteiger partial charge in [-0.05, 0) is 0 Å². The van der Waals surface area contributed by atoms with E-state index in [2.05, 4.69) is 16.9 Å². The van der Waals surface area contributed by atoms with Crippen molar-refractivity contribution in [3.05, 3.63) is 53.6 Å².